The van der Waals surface area contributed by atoms with Crippen molar-refractivity contribution in [3.8, 4) is 0 Å². The quantitative estimate of drug-likeness (QED) is 0.631. The van der Waals surface area contributed by atoms with Crippen molar-refractivity contribution in [1.29, 1.82) is 0 Å². The second kappa shape index (κ2) is 11.0. The third-order valence-corrected chi connectivity index (χ3v) is 5.87. The number of thioether (sulfide) groups is 1. The molecule has 148 valence electrons. The molecule has 0 spiro atoms. The van der Waals surface area contributed by atoms with Crippen LogP contribution in [0.15, 0.2) is 29.2 Å². The first kappa shape index (κ1) is 21.3. The van der Waals surface area contributed by atoms with E-state index in [9.17, 15) is 14.4 Å². The Kier molecular flexibility index (Phi) is 8.64. The van der Waals surface area contributed by atoms with Crippen LogP contribution in [0.5, 0.6) is 0 Å². The number of aliphatic carboxylic acids is 1. The van der Waals surface area contributed by atoms with Gasteiger partial charge in [0.15, 0.2) is 0 Å². The molecule has 0 unspecified atom stereocenters. The SMILES string of the molecule is CN(CCC(=O)O)C(=O)c1ccccc1SCC(=O)NCC1CCCCC1. The molecule has 0 aromatic heterocycles. The molecule has 1 aliphatic rings. The molecule has 6 nitrogen and oxygen atoms in total. The van der Waals surface area contributed by atoms with Gasteiger partial charge in [0, 0.05) is 25.0 Å². The summed E-state index contributed by atoms with van der Waals surface area (Å²) >= 11 is 1.34. The Morgan fingerprint density at radius 2 is 1.89 bits per heavy atom. The van der Waals surface area contributed by atoms with E-state index in [0.717, 1.165) is 11.4 Å². The number of carbonyl (C=O) groups excluding carboxylic acids is 2. The van der Waals surface area contributed by atoms with Crippen LogP contribution in [0, 0.1) is 5.92 Å². The summed E-state index contributed by atoms with van der Waals surface area (Å²) < 4.78 is 0. The summed E-state index contributed by atoms with van der Waals surface area (Å²) in [6.07, 6.45) is 6.08. The maximum Gasteiger partial charge on any atom is 0.305 e. The number of hydrogen-bond donors (Lipinski definition) is 2. The molecule has 27 heavy (non-hydrogen) atoms. The first-order valence-corrected chi connectivity index (χ1v) is 10.4. The van der Waals surface area contributed by atoms with E-state index >= 15 is 0 Å². The lowest BCUT2D eigenvalue weighted by Gasteiger charge is -2.21. The largest absolute Gasteiger partial charge is 0.481 e. The Labute approximate surface area is 164 Å². The van der Waals surface area contributed by atoms with Gasteiger partial charge in [0.05, 0.1) is 17.7 Å². The Morgan fingerprint density at radius 3 is 2.59 bits per heavy atom. The van der Waals surface area contributed by atoms with Gasteiger partial charge in [-0.2, -0.15) is 0 Å². The number of carboxylic acids is 1. The van der Waals surface area contributed by atoms with E-state index in [1.54, 1.807) is 19.2 Å². The molecule has 0 aliphatic heterocycles. The number of carbonyl (C=O) groups is 3. The van der Waals surface area contributed by atoms with Crippen LogP contribution in [-0.4, -0.2) is 53.7 Å². The van der Waals surface area contributed by atoms with E-state index in [0.29, 0.717) is 11.5 Å². The highest BCUT2D eigenvalue weighted by molar-refractivity contribution is 8.00. The van der Waals surface area contributed by atoms with E-state index in [2.05, 4.69) is 5.32 Å². The van der Waals surface area contributed by atoms with Gasteiger partial charge < -0.3 is 15.3 Å². The van der Waals surface area contributed by atoms with Crippen molar-refractivity contribution in [3.05, 3.63) is 29.8 Å². The molecule has 2 N–H and O–H groups in total. The number of rotatable bonds is 9. The summed E-state index contributed by atoms with van der Waals surface area (Å²) in [7, 11) is 1.59. The first-order valence-electron chi connectivity index (χ1n) is 9.43. The highest BCUT2D eigenvalue weighted by atomic mass is 32.2. The minimum atomic E-state index is -0.938. The molecule has 1 fully saturated rings. The second-order valence-corrected chi connectivity index (χ2v) is 7.98. The maximum atomic E-state index is 12.6. The average Bonchev–Trinajstić information content (AvgIpc) is 2.69. The van der Waals surface area contributed by atoms with Crippen molar-refractivity contribution >= 4 is 29.5 Å². The monoisotopic (exact) mass is 392 g/mol. The topological polar surface area (TPSA) is 86.7 Å². The fourth-order valence-electron chi connectivity index (χ4n) is 3.18. The van der Waals surface area contributed by atoms with Crippen molar-refractivity contribution in [1.82, 2.24) is 10.2 Å². The summed E-state index contributed by atoms with van der Waals surface area (Å²) in [4.78, 5) is 37.6. The minimum Gasteiger partial charge on any atom is -0.481 e. The zero-order chi connectivity index (χ0) is 19.6. The van der Waals surface area contributed by atoms with Gasteiger partial charge in [-0.1, -0.05) is 31.4 Å². The van der Waals surface area contributed by atoms with Crippen LogP contribution >= 0.6 is 11.8 Å². The van der Waals surface area contributed by atoms with Crippen LogP contribution in [0.1, 0.15) is 48.9 Å². The predicted octanol–water partition coefficient (Wildman–Crippen LogP) is 3.02. The molecule has 1 aromatic rings. The number of nitrogens with one attached hydrogen (secondary N) is 1. The van der Waals surface area contributed by atoms with Crippen LogP contribution < -0.4 is 5.32 Å². The molecular weight excluding hydrogens is 364 g/mol. The molecule has 1 aliphatic carbocycles. The summed E-state index contributed by atoms with van der Waals surface area (Å²) in [5, 5.41) is 11.8. The number of benzene rings is 1. The number of carboxylic acid groups (broad SMARTS) is 1. The fraction of sp³-hybridized carbons (Fsp3) is 0.550. The van der Waals surface area contributed by atoms with Gasteiger partial charge in [-0.05, 0) is 30.9 Å². The molecule has 2 amide bonds. The van der Waals surface area contributed by atoms with Gasteiger partial charge in [-0.3, -0.25) is 14.4 Å². The van der Waals surface area contributed by atoms with Crippen LogP contribution in [0.25, 0.3) is 0 Å². The lowest BCUT2D eigenvalue weighted by Crippen LogP contribution is -2.31. The number of amides is 2. The Hall–Kier alpha value is -2.02. The molecule has 0 radical (unpaired) electrons. The molecule has 0 atom stereocenters. The van der Waals surface area contributed by atoms with Crippen LogP contribution in [0.2, 0.25) is 0 Å². The van der Waals surface area contributed by atoms with Crippen LogP contribution in [0.4, 0.5) is 0 Å². The molecule has 2 rings (SSSR count). The van der Waals surface area contributed by atoms with Gasteiger partial charge in [0.1, 0.15) is 0 Å². The van der Waals surface area contributed by atoms with Crippen molar-refractivity contribution in [3.63, 3.8) is 0 Å². The van der Waals surface area contributed by atoms with Gasteiger partial charge in [0.25, 0.3) is 5.91 Å². The predicted molar refractivity (Wildman–Crippen MR) is 106 cm³/mol. The van der Waals surface area contributed by atoms with E-state index in [-0.39, 0.29) is 30.5 Å². The van der Waals surface area contributed by atoms with Gasteiger partial charge in [0.2, 0.25) is 5.91 Å². The smallest absolute Gasteiger partial charge is 0.305 e. The maximum absolute atomic E-state index is 12.6. The third-order valence-electron chi connectivity index (χ3n) is 4.80. The molecule has 0 heterocycles. The lowest BCUT2D eigenvalue weighted by atomic mass is 9.89. The Morgan fingerprint density at radius 1 is 1.19 bits per heavy atom. The second-order valence-electron chi connectivity index (χ2n) is 6.96. The summed E-state index contributed by atoms with van der Waals surface area (Å²) in [6.45, 7) is 0.882. The van der Waals surface area contributed by atoms with E-state index in [1.807, 2.05) is 12.1 Å². The van der Waals surface area contributed by atoms with Gasteiger partial charge >= 0.3 is 5.97 Å². The van der Waals surface area contributed by atoms with Crippen molar-refractivity contribution in [2.45, 2.75) is 43.4 Å². The molecule has 1 saturated carbocycles. The minimum absolute atomic E-state index is 0.0212. The lowest BCUT2D eigenvalue weighted by molar-refractivity contribution is -0.137. The normalized spacial score (nSPS) is 14.6. The highest BCUT2D eigenvalue weighted by Gasteiger charge is 2.18. The molecule has 0 saturated heterocycles. The Bertz CT molecular complexity index is 659. The van der Waals surface area contributed by atoms with Gasteiger partial charge in [-0.15, -0.1) is 11.8 Å². The van der Waals surface area contributed by atoms with Gasteiger partial charge in [-0.25, -0.2) is 0 Å². The van der Waals surface area contributed by atoms with Crippen molar-refractivity contribution in [2.24, 2.45) is 5.92 Å². The van der Waals surface area contributed by atoms with E-state index < -0.39 is 5.97 Å². The summed E-state index contributed by atoms with van der Waals surface area (Å²) in [5.41, 5.74) is 0.496. The van der Waals surface area contributed by atoms with Crippen molar-refractivity contribution in [2.75, 3.05) is 25.9 Å². The average molecular weight is 393 g/mol. The summed E-state index contributed by atoms with van der Waals surface area (Å²) in [5.74, 6) is -0.346. The summed E-state index contributed by atoms with van der Waals surface area (Å²) in [6, 6.07) is 7.13. The fourth-order valence-corrected chi connectivity index (χ4v) is 4.06. The molecular formula is C20H28N2O4S. The van der Waals surface area contributed by atoms with E-state index in [1.165, 1.54) is 48.8 Å². The number of nitrogens with zero attached hydrogens (tertiary/aromatic N) is 1. The zero-order valence-corrected chi connectivity index (χ0v) is 16.6. The van der Waals surface area contributed by atoms with Crippen LogP contribution in [-0.2, 0) is 9.59 Å². The molecule has 7 heteroatoms. The Balaban J connectivity index is 1.86. The van der Waals surface area contributed by atoms with Crippen molar-refractivity contribution < 1.29 is 19.5 Å². The number of hydrogen-bond acceptors (Lipinski definition) is 4. The third kappa shape index (κ3) is 7.25. The molecule has 0 bridgehead atoms. The standard InChI is InChI=1S/C20H28N2O4S/c1-22(12-11-19(24)25)20(26)16-9-5-6-10-17(16)27-14-18(23)21-13-15-7-3-2-4-8-15/h5-6,9-10,15H,2-4,7-8,11-14H2,1H3,(H,21,23)(H,24,25). The highest BCUT2D eigenvalue weighted by Crippen LogP contribution is 2.25. The zero-order valence-electron chi connectivity index (χ0n) is 15.8. The molecule has 1 aromatic carbocycles. The van der Waals surface area contributed by atoms with Crippen LogP contribution in [0.3, 0.4) is 0 Å². The van der Waals surface area contributed by atoms with E-state index in [4.69, 9.17) is 5.11 Å². The first-order chi connectivity index (χ1) is 13.0.